The fourth-order valence-electron chi connectivity index (χ4n) is 2.14. The van der Waals surface area contributed by atoms with E-state index in [1.165, 1.54) is 31.2 Å². The van der Waals surface area contributed by atoms with Crippen molar-refractivity contribution in [3.63, 3.8) is 0 Å². The Hall–Kier alpha value is -2.10. The number of carbonyl (C=O) groups excluding carboxylic acids is 1. The van der Waals surface area contributed by atoms with Gasteiger partial charge < -0.3 is 18.9 Å². The Labute approximate surface area is 141 Å². The molecule has 1 heterocycles. The van der Waals surface area contributed by atoms with Crippen LogP contribution in [0, 0.1) is 17.7 Å². The van der Waals surface area contributed by atoms with Gasteiger partial charge in [0.05, 0.1) is 0 Å². The zero-order valence-electron chi connectivity index (χ0n) is 13.6. The summed E-state index contributed by atoms with van der Waals surface area (Å²) in [6, 6.07) is 5.58. The normalized spacial score (nSPS) is 18.2. The van der Waals surface area contributed by atoms with Crippen molar-refractivity contribution in [2.24, 2.45) is 0 Å². The molecule has 1 fully saturated rings. The van der Waals surface area contributed by atoms with Crippen molar-refractivity contribution >= 4 is 5.97 Å². The highest BCUT2D eigenvalue weighted by Crippen LogP contribution is 2.13. The van der Waals surface area contributed by atoms with Gasteiger partial charge in [0, 0.05) is 13.5 Å². The van der Waals surface area contributed by atoms with Crippen LogP contribution < -0.4 is 4.74 Å². The molecule has 1 saturated heterocycles. The van der Waals surface area contributed by atoms with Crippen LogP contribution in [0.15, 0.2) is 24.3 Å². The molecule has 0 amide bonds. The molecule has 1 aliphatic rings. The van der Waals surface area contributed by atoms with Gasteiger partial charge in [-0.25, -0.2) is 4.39 Å². The van der Waals surface area contributed by atoms with Crippen LogP contribution in [0.4, 0.5) is 4.39 Å². The molecule has 130 valence electrons. The molecule has 1 aromatic rings. The molecule has 1 aliphatic heterocycles. The van der Waals surface area contributed by atoms with Crippen LogP contribution >= 0.6 is 0 Å². The first-order valence-corrected chi connectivity index (χ1v) is 7.90. The number of esters is 1. The lowest BCUT2D eigenvalue weighted by Crippen LogP contribution is -2.23. The van der Waals surface area contributed by atoms with Crippen LogP contribution in [0.2, 0.25) is 0 Å². The number of carbonyl (C=O) groups is 1. The highest BCUT2D eigenvalue weighted by molar-refractivity contribution is 5.66. The van der Waals surface area contributed by atoms with Crippen molar-refractivity contribution in [2.75, 3.05) is 19.8 Å². The van der Waals surface area contributed by atoms with Gasteiger partial charge in [0.2, 0.25) is 0 Å². The fraction of sp³-hybridized carbons (Fsp3) is 0.500. The molecule has 0 saturated carbocycles. The molecule has 0 radical (unpaired) electrons. The third kappa shape index (κ3) is 6.99. The molecule has 0 N–H and O–H groups in total. The lowest BCUT2D eigenvalue weighted by atomic mass is 10.2. The van der Waals surface area contributed by atoms with Crippen molar-refractivity contribution < 1.29 is 28.1 Å². The summed E-state index contributed by atoms with van der Waals surface area (Å²) in [5.41, 5.74) is 0. The van der Waals surface area contributed by atoms with Crippen molar-refractivity contribution in [3.8, 4) is 17.6 Å². The summed E-state index contributed by atoms with van der Waals surface area (Å²) in [4.78, 5) is 11.1. The van der Waals surface area contributed by atoms with E-state index in [2.05, 4.69) is 11.8 Å². The second kappa shape index (κ2) is 9.91. The smallest absolute Gasteiger partial charge is 0.303 e. The van der Waals surface area contributed by atoms with Crippen LogP contribution in [0.3, 0.4) is 0 Å². The van der Waals surface area contributed by atoms with Crippen LogP contribution in [0.1, 0.15) is 26.2 Å². The number of ether oxygens (including phenoxy) is 4. The number of benzene rings is 1. The number of hydrogen-bond acceptors (Lipinski definition) is 5. The zero-order valence-corrected chi connectivity index (χ0v) is 13.6. The first-order valence-electron chi connectivity index (χ1n) is 7.90. The fourth-order valence-corrected chi connectivity index (χ4v) is 2.14. The Morgan fingerprint density at radius 2 is 2.17 bits per heavy atom. The van der Waals surface area contributed by atoms with Gasteiger partial charge in [-0.05, 0) is 43.5 Å². The van der Waals surface area contributed by atoms with Crippen LogP contribution in [-0.4, -0.2) is 38.2 Å². The summed E-state index contributed by atoms with van der Waals surface area (Å²) < 4.78 is 34.3. The molecule has 0 aromatic heterocycles. The number of hydrogen-bond donors (Lipinski definition) is 0. The van der Waals surface area contributed by atoms with Gasteiger partial charge in [-0.15, -0.1) is 0 Å². The van der Waals surface area contributed by atoms with E-state index < -0.39 is 12.1 Å². The maximum absolute atomic E-state index is 12.8. The van der Waals surface area contributed by atoms with Crippen molar-refractivity contribution in [2.45, 2.75) is 38.6 Å². The summed E-state index contributed by atoms with van der Waals surface area (Å²) in [5, 5.41) is 0. The average Bonchev–Trinajstić information content (AvgIpc) is 2.58. The molecule has 24 heavy (non-hydrogen) atoms. The quantitative estimate of drug-likeness (QED) is 0.590. The SMILES string of the molecule is CC(=O)OC(C#CCOC1CCCCO1)COc1ccc(F)cc1. The molecule has 2 unspecified atom stereocenters. The Bertz CT molecular complexity index is 569. The van der Waals surface area contributed by atoms with E-state index in [4.69, 9.17) is 18.9 Å². The second-order valence-electron chi connectivity index (χ2n) is 5.29. The van der Waals surface area contributed by atoms with E-state index in [0.29, 0.717) is 12.4 Å². The minimum Gasteiger partial charge on any atom is -0.489 e. The Morgan fingerprint density at radius 1 is 1.38 bits per heavy atom. The topological polar surface area (TPSA) is 54.0 Å². The van der Waals surface area contributed by atoms with Crippen molar-refractivity contribution in [1.29, 1.82) is 0 Å². The summed E-state index contributed by atoms with van der Waals surface area (Å²) in [5.74, 6) is 5.29. The standard InChI is InChI=1S/C18H21FO5/c1-14(20)24-17(13-23-16-9-7-15(19)8-10-16)5-4-12-22-18-6-2-3-11-21-18/h7-10,17-18H,2-3,6,11-13H2,1H3. The first kappa shape index (κ1) is 18.2. The van der Waals surface area contributed by atoms with Gasteiger partial charge in [-0.3, -0.25) is 4.79 Å². The summed E-state index contributed by atoms with van der Waals surface area (Å²) in [7, 11) is 0. The van der Waals surface area contributed by atoms with Gasteiger partial charge in [-0.2, -0.15) is 0 Å². The van der Waals surface area contributed by atoms with Gasteiger partial charge in [0.1, 0.15) is 24.8 Å². The third-order valence-electron chi connectivity index (χ3n) is 3.27. The lowest BCUT2D eigenvalue weighted by molar-refractivity contribution is -0.154. The Morgan fingerprint density at radius 3 is 2.83 bits per heavy atom. The summed E-state index contributed by atoms with van der Waals surface area (Å²) >= 11 is 0. The first-order chi connectivity index (χ1) is 11.6. The van der Waals surface area contributed by atoms with Crippen LogP contribution in [0.5, 0.6) is 5.75 Å². The number of rotatable bonds is 6. The Kier molecular flexibility index (Phi) is 7.53. The number of halogens is 1. The largest absolute Gasteiger partial charge is 0.489 e. The second-order valence-corrected chi connectivity index (χ2v) is 5.29. The minimum atomic E-state index is -0.719. The lowest BCUT2D eigenvalue weighted by Gasteiger charge is -2.21. The molecule has 0 bridgehead atoms. The van der Waals surface area contributed by atoms with Crippen LogP contribution in [-0.2, 0) is 19.0 Å². The summed E-state index contributed by atoms with van der Waals surface area (Å²) in [6.07, 6.45) is 2.07. The maximum atomic E-state index is 12.8. The summed E-state index contributed by atoms with van der Waals surface area (Å²) in [6.45, 7) is 2.26. The van der Waals surface area contributed by atoms with E-state index in [1.54, 1.807) is 0 Å². The molecule has 2 atom stereocenters. The molecule has 5 nitrogen and oxygen atoms in total. The molecular formula is C18H21FO5. The minimum absolute atomic E-state index is 0.0537. The van der Waals surface area contributed by atoms with Crippen LogP contribution in [0.25, 0.3) is 0 Å². The third-order valence-corrected chi connectivity index (χ3v) is 3.27. The van der Waals surface area contributed by atoms with E-state index in [1.807, 2.05) is 0 Å². The molecule has 1 aromatic carbocycles. The molecule has 6 heteroatoms. The van der Waals surface area contributed by atoms with E-state index >= 15 is 0 Å². The van der Waals surface area contributed by atoms with E-state index in [0.717, 1.165) is 19.3 Å². The maximum Gasteiger partial charge on any atom is 0.303 e. The van der Waals surface area contributed by atoms with E-state index in [9.17, 15) is 9.18 Å². The monoisotopic (exact) mass is 336 g/mol. The van der Waals surface area contributed by atoms with E-state index in [-0.39, 0.29) is 25.3 Å². The highest BCUT2D eigenvalue weighted by atomic mass is 19.1. The predicted molar refractivity (Wildman–Crippen MR) is 84.8 cm³/mol. The molecule has 0 spiro atoms. The van der Waals surface area contributed by atoms with Crippen molar-refractivity contribution in [1.82, 2.24) is 0 Å². The highest BCUT2D eigenvalue weighted by Gasteiger charge is 2.13. The van der Waals surface area contributed by atoms with Gasteiger partial charge in [-0.1, -0.05) is 11.8 Å². The zero-order chi connectivity index (χ0) is 17.2. The van der Waals surface area contributed by atoms with Gasteiger partial charge in [0.15, 0.2) is 12.4 Å². The Balaban J connectivity index is 1.80. The predicted octanol–water partition coefficient (Wildman–Crippen LogP) is 2.68. The molecule has 2 rings (SSSR count). The van der Waals surface area contributed by atoms with Gasteiger partial charge >= 0.3 is 5.97 Å². The molecular weight excluding hydrogens is 315 g/mol. The average molecular weight is 336 g/mol. The molecule has 0 aliphatic carbocycles. The van der Waals surface area contributed by atoms with Crippen molar-refractivity contribution in [3.05, 3.63) is 30.1 Å². The van der Waals surface area contributed by atoms with Gasteiger partial charge in [0.25, 0.3) is 0 Å².